The molecule has 2 fully saturated rings. The Morgan fingerprint density at radius 1 is 1.03 bits per heavy atom. The van der Waals surface area contributed by atoms with Gasteiger partial charge in [0, 0.05) is 31.6 Å². The maximum absolute atomic E-state index is 11.6. The monoisotopic (exact) mass is 473 g/mol. The van der Waals surface area contributed by atoms with Crippen molar-refractivity contribution in [2.75, 3.05) is 12.4 Å². The fourth-order valence-corrected chi connectivity index (χ4v) is 5.10. The van der Waals surface area contributed by atoms with E-state index in [0.717, 1.165) is 0 Å². The third-order valence-corrected chi connectivity index (χ3v) is 7.35. The Morgan fingerprint density at radius 3 is 2.28 bits per heavy atom. The number of rotatable bonds is 8. The summed E-state index contributed by atoms with van der Waals surface area (Å²) in [6.07, 6.45) is -3.27. The molecule has 0 aromatic rings. The minimum atomic E-state index is -0.863. The molecule has 0 aromatic carbocycles. The molecule has 0 amide bonds. The molecule has 4 unspecified atom stereocenters. The number of ether oxygens (including phenoxy) is 5. The zero-order chi connectivity index (χ0) is 24.0. The van der Waals surface area contributed by atoms with Gasteiger partial charge in [0.2, 0.25) is 0 Å². The molecule has 0 bridgehead atoms. The van der Waals surface area contributed by atoms with Crippen LogP contribution in [0.25, 0.3) is 0 Å². The molecule has 10 heteroatoms. The molecule has 2 rings (SSSR count). The van der Waals surface area contributed by atoms with Crippen molar-refractivity contribution >= 4 is 23.7 Å². The Bertz CT molecular complexity index is 685. The summed E-state index contributed by atoms with van der Waals surface area (Å²) in [6, 6.07) is 2.11. The van der Waals surface area contributed by atoms with Crippen LogP contribution in [0.4, 0.5) is 0 Å². The number of thioether (sulfide) groups is 1. The van der Waals surface area contributed by atoms with Gasteiger partial charge in [-0.3, -0.25) is 9.59 Å². The van der Waals surface area contributed by atoms with Crippen molar-refractivity contribution < 1.29 is 38.4 Å². The lowest BCUT2D eigenvalue weighted by atomic mass is 9.84. The van der Waals surface area contributed by atoms with E-state index >= 15 is 0 Å². The zero-order valence-corrected chi connectivity index (χ0v) is 20.4. The van der Waals surface area contributed by atoms with Crippen LogP contribution in [0.2, 0.25) is 0 Å². The highest BCUT2D eigenvalue weighted by atomic mass is 32.2. The van der Waals surface area contributed by atoms with Crippen LogP contribution in [0.3, 0.4) is 0 Å². The van der Waals surface area contributed by atoms with Gasteiger partial charge in [0.1, 0.15) is 30.4 Å². The number of esters is 2. The third-order valence-electron chi connectivity index (χ3n) is 6.18. The van der Waals surface area contributed by atoms with E-state index in [-0.39, 0.29) is 35.5 Å². The lowest BCUT2D eigenvalue weighted by Gasteiger charge is -2.48. The molecule has 10 atom stereocenters. The number of nitrogens with zero attached hydrogens (tertiary/aromatic N) is 1. The number of hydrogen-bond acceptors (Lipinski definition) is 10. The minimum Gasteiger partial charge on any atom is -0.463 e. The van der Waals surface area contributed by atoms with Gasteiger partial charge >= 0.3 is 11.9 Å². The van der Waals surface area contributed by atoms with E-state index in [9.17, 15) is 14.7 Å². The summed E-state index contributed by atoms with van der Waals surface area (Å²) < 4.78 is 29.1. The van der Waals surface area contributed by atoms with Crippen LogP contribution in [0.5, 0.6) is 0 Å². The average molecular weight is 474 g/mol. The molecule has 1 N–H and O–H groups in total. The van der Waals surface area contributed by atoms with Gasteiger partial charge in [-0.2, -0.15) is 5.26 Å². The first kappa shape index (κ1) is 26.9. The minimum absolute atomic E-state index is 0.0751. The molecule has 2 aliphatic rings. The molecular formula is C22H35NO8S. The second kappa shape index (κ2) is 12.2. The van der Waals surface area contributed by atoms with Gasteiger partial charge in [-0.25, -0.2) is 0 Å². The van der Waals surface area contributed by atoms with Crippen molar-refractivity contribution in [3.05, 3.63) is 0 Å². The van der Waals surface area contributed by atoms with E-state index in [1.54, 1.807) is 0 Å². The van der Waals surface area contributed by atoms with Gasteiger partial charge < -0.3 is 28.8 Å². The number of hydrogen-bond donors (Lipinski definition) is 1. The van der Waals surface area contributed by atoms with Crippen molar-refractivity contribution in [3.63, 3.8) is 0 Å². The molecule has 0 saturated carbocycles. The third kappa shape index (κ3) is 6.58. The van der Waals surface area contributed by atoms with Crippen molar-refractivity contribution in [1.29, 1.82) is 5.26 Å². The molecule has 2 heterocycles. The largest absolute Gasteiger partial charge is 0.463 e. The molecule has 2 saturated heterocycles. The normalized spacial score (nSPS) is 39.7. The van der Waals surface area contributed by atoms with E-state index in [1.807, 2.05) is 27.7 Å². The first-order chi connectivity index (χ1) is 15.1. The Kier molecular flexibility index (Phi) is 10.2. The summed E-state index contributed by atoms with van der Waals surface area (Å²) in [5.74, 6) is -1.14. The lowest BCUT2D eigenvalue weighted by molar-refractivity contribution is -0.312. The molecule has 32 heavy (non-hydrogen) atoms. The number of nitriles is 1. The van der Waals surface area contributed by atoms with E-state index in [4.69, 9.17) is 28.9 Å². The molecule has 0 aliphatic carbocycles. The lowest BCUT2D eigenvalue weighted by Crippen LogP contribution is -2.58. The fourth-order valence-electron chi connectivity index (χ4n) is 4.19. The Balaban J connectivity index is 2.21. The summed E-state index contributed by atoms with van der Waals surface area (Å²) in [5.41, 5.74) is -0.296. The first-order valence-corrected chi connectivity index (χ1v) is 12.1. The van der Waals surface area contributed by atoms with Crippen LogP contribution in [0.1, 0.15) is 48.0 Å². The highest BCUT2D eigenvalue weighted by Gasteiger charge is 2.49. The SMILES string of the molecule is CCC1O[C@@H](SCC#N)C(C)[C@@H](O[C@@H]2O[C@@H](COC(C)=O)[C@H](OC(C)=O)C(C)C2C)[C@@H]1O. The van der Waals surface area contributed by atoms with Gasteiger partial charge in [-0.1, -0.05) is 27.7 Å². The van der Waals surface area contributed by atoms with Gasteiger partial charge in [-0.05, 0) is 6.42 Å². The van der Waals surface area contributed by atoms with Gasteiger partial charge in [0.25, 0.3) is 0 Å². The van der Waals surface area contributed by atoms with Crippen LogP contribution in [-0.4, -0.2) is 71.7 Å². The molecule has 9 nitrogen and oxygen atoms in total. The molecule has 182 valence electrons. The molecule has 0 spiro atoms. The first-order valence-electron chi connectivity index (χ1n) is 11.0. The van der Waals surface area contributed by atoms with E-state index < -0.39 is 48.7 Å². The second-order valence-electron chi connectivity index (χ2n) is 8.51. The summed E-state index contributed by atoms with van der Waals surface area (Å²) >= 11 is 1.38. The fraction of sp³-hybridized carbons (Fsp3) is 0.864. The Labute approximate surface area is 194 Å². The summed E-state index contributed by atoms with van der Waals surface area (Å²) in [6.45, 7) is 10.3. The van der Waals surface area contributed by atoms with E-state index in [2.05, 4.69) is 6.07 Å². The maximum atomic E-state index is 11.6. The van der Waals surface area contributed by atoms with Gasteiger partial charge in [0.15, 0.2) is 6.29 Å². The van der Waals surface area contributed by atoms with Crippen molar-refractivity contribution in [2.45, 2.75) is 90.2 Å². The predicted octanol–water partition coefficient (Wildman–Crippen LogP) is 2.25. The Hall–Kier alpha value is -1.38. The summed E-state index contributed by atoms with van der Waals surface area (Å²) in [7, 11) is 0. The predicted molar refractivity (Wildman–Crippen MR) is 116 cm³/mol. The van der Waals surface area contributed by atoms with E-state index in [0.29, 0.717) is 6.42 Å². The Morgan fingerprint density at radius 2 is 1.72 bits per heavy atom. The van der Waals surface area contributed by atoms with Crippen molar-refractivity contribution in [3.8, 4) is 6.07 Å². The summed E-state index contributed by atoms with van der Waals surface area (Å²) in [5, 5.41) is 19.9. The van der Waals surface area contributed by atoms with Crippen LogP contribution in [0.15, 0.2) is 0 Å². The summed E-state index contributed by atoms with van der Waals surface area (Å²) in [4.78, 5) is 23.0. The van der Waals surface area contributed by atoms with Gasteiger partial charge in [-0.15, -0.1) is 11.8 Å². The van der Waals surface area contributed by atoms with Crippen LogP contribution in [-0.2, 0) is 33.3 Å². The molecule has 2 aliphatic heterocycles. The van der Waals surface area contributed by atoms with Crippen LogP contribution in [0, 0.1) is 29.1 Å². The number of carbonyl (C=O) groups is 2. The number of aliphatic hydroxyl groups is 1. The topological polar surface area (TPSA) is 124 Å². The van der Waals surface area contributed by atoms with E-state index in [1.165, 1.54) is 25.6 Å². The van der Waals surface area contributed by atoms with Crippen LogP contribution >= 0.6 is 11.8 Å². The highest BCUT2D eigenvalue weighted by Crippen LogP contribution is 2.39. The van der Waals surface area contributed by atoms with Gasteiger partial charge in [0.05, 0.1) is 24.0 Å². The maximum Gasteiger partial charge on any atom is 0.303 e. The number of aliphatic hydroxyl groups excluding tert-OH is 1. The smallest absolute Gasteiger partial charge is 0.303 e. The molecular weight excluding hydrogens is 438 g/mol. The second-order valence-corrected chi connectivity index (χ2v) is 9.60. The average Bonchev–Trinajstić information content (AvgIpc) is 2.74. The molecule has 0 radical (unpaired) electrons. The number of carbonyl (C=O) groups excluding carboxylic acids is 2. The van der Waals surface area contributed by atoms with Crippen LogP contribution < -0.4 is 0 Å². The van der Waals surface area contributed by atoms with Crippen molar-refractivity contribution in [2.24, 2.45) is 17.8 Å². The quantitative estimate of drug-likeness (QED) is 0.525. The molecule has 0 aromatic heterocycles. The highest BCUT2D eigenvalue weighted by molar-refractivity contribution is 7.99. The van der Waals surface area contributed by atoms with Crippen molar-refractivity contribution in [1.82, 2.24) is 0 Å². The standard InChI is InChI=1S/C22H35NO8S/c1-7-16-18(26)20(13(4)22(30-16)32-9-8-23)31-21-12(3)11(2)19(28-15(6)25)17(29-21)10-27-14(5)24/h11-13,16-22,26H,7,9-10H2,1-6H3/t11?,12?,13?,16?,17-,18+,19+,20+,21-,22-/m0/s1. The zero-order valence-electron chi connectivity index (χ0n) is 19.6.